The summed E-state index contributed by atoms with van der Waals surface area (Å²) in [7, 11) is 0. The van der Waals surface area contributed by atoms with Crippen LogP contribution in [-0.2, 0) is 0 Å². The fraction of sp³-hybridized carbons (Fsp3) is 0.600. The highest BCUT2D eigenvalue weighted by molar-refractivity contribution is 7.99. The molecule has 1 heterocycles. The number of aliphatic hydroxyl groups is 1. The molecule has 0 fully saturated rings. The van der Waals surface area contributed by atoms with Crippen LogP contribution >= 0.6 is 11.8 Å². The molecule has 3 nitrogen and oxygen atoms in total. The Bertz CT molecular complexity index is 440. The van der Waals surface area contributed by atoms with Crippen molar-refractivity contribution in [2.45, 2.75) is 37.1 Å². The second-order valence-electron chi connectivity index (χ2n) is 5.14. The molecule has 0 aliphatic carbocycles. The van der Waals surface area contributed by atoms with Crippen molar-refractivity contribution in [3.8, 4) is 5.75 Å². The van der Waals surface area contributed by atoms with E-state index in [4.69, 9.17) is 4.74 Å². The van der Waals surface area contributed by atoms with Crippen molar-refractivity contribution < 1.29 is 14.2 Å². The molecule has 0 saturated heterocycles. The Morgan fingerprint density at radius 3 is 3.05 bits per heavy atom. The molecular weight excluding hydrogens is 277 g/mol. The molecule has 1 aromatic rings. The molecule has 112 valence electrons. The van der Waals surface area contributed by atoms with Crippen LogP contribution in [0.15, 0.2) is 18.2 Å². The average molecular weight is 299 g/mol. The summed E-state index contributed by atoms with van der Waals surface area (Å²) in [4.78, 5) is 0. The number of ether oxygens (including phenoxy) is 1. The van der Waals surface area contributed by atoms with Gasteiger partial charge in [0.25, 0.3) is 0 Å². The number of halogens is 1. The quantitative estimate of drug-likeness (QED) is 0.877. The van der Waals surface area contributed by atoms with Gasteiger partial charge in [0.15, 0.2) is 0 Å². The molecule has 0 radical (unpaired) electrons. The van der Waals surface area contributed by atoms with Crippen LogP contribution in [-0.4, -0.2) is 35.9 Å². The smallest absolute Gasteiger partial charge is 0.124 e. The van der Waals surface area contributed by atoms with Crippen molar-refractivity contribution in [1.29, 1.82) is 0 Å². The minimum Gasteiger partial charge on any atom is -0.493 e. The van der Waals surface area contributed by atoms with E-state index in [9.17, 15) is 9.50 Å². The zero-order chi connectivity index (χ0) is 14.5. The van der Waals surface area contributed by atoms with Crippen molar-refractivity contribution in [1.82, 2.24) is 5.32 Å². The van der Waals surface area contributed by atoms with E-state index in [-0.39, 0.29) is 29.8 Å². The Kier molecular flexibility index (Phi) is 5.69. The summed E-state index contributed by atoms with van der Waals surface area (Å²) in [5.74, 6) is 0.524. The van der Waals surface area contributed by atoms with Crippen LogP contribution in [0.1, 0.15) is 31.4 Å². The second-order valence-corrected chi connectivity index (χ2v) is 6.21. The topological polar surface area (TPSA) is 41.5 Å². The van der Waals surface area contributed by atoms with Crippen molar-refractivity contribution in [3.05, 3.63) is 29.6 Å². The van der Waals surface area contributed by atoms with Crippen LogP contribution in [0, 0.1) is 5.82 Å². The summed E-state index contributed by atoms with van der Waals surface area (Å²) in [5.41, 5.74) is 0.882. The van der Waals surface area contributed by atoms with Crippen LogP contribution in [0.4, 0.5) is 4.39 Å². The summed E-state index contributed by atoms with van der Waals surface area (Å²) >= 11 is 1.64. The highest BCUT2D eigenvalue weighted by Gasteiger charge is 2.24. The number of aliphatic hydroxyl groups excluding tert-OH is 1. The highest BCUT2D eigenvalue weighted by Crippen LogP contribution is 2.32. The monoisotopic (exact) mass is 299 g/mol. The fourth-order valence-corrected chi connectivity index (χ4v) is 3.22. The number of hydrogen-bond donors (Lipinski definition) is 2. The lowest BCUT2D eigenvalue weighted by Crippen LogP contribution is -2.39. The molecule has 2 N–H and O–H groups in total. The first-order valence-electron chi connectivity index (χ1n) is 6.97. The average Bonchev–Trinajstić information content (AvgIpc) is 2.63. The second kappa shape index (κ2) is 7.29. The minimum atomic E-state index is -0.239. The number of rotatable bonds is 5. The Morgan fingerprint density at radius 1 is 1.55 bits per heavy atom. The number of thioether (sulfide) groups is 1. The predicted octanol–water partition coefficient (Wildman–Crippen LogP) is 2.74. The molecule has 0 spiro atoms. The first-order chi connectivity index (χ1) is 9.65. The number of fused-ring (bicyclic) bond motifs is 1. The molecule has 5 heteroatoms. The first-order valence-corrected chi connectivity index (χ1v) is 8.26. The normalized spacial score (nSPS) is 21.5. The number of hydrogen-bond acceptors (Lipinski definition) is 4. The lowest BCUT2D eigenvalue weighted by molar-refractivity contribution is 0.268. The minimum absolute atomic E-state index is 0.0689. The van der Waals surface area contributed by atoms with Crippen LogP contribution in [0.25, 0.3) is 0 Å². The van der Waals surface area contributed by atoms with Crippen LogP contribution < -0.4 is 10.1 Å². The maximum atomic E-state index is 13.5. The van der Waals surface area contributed by atoms with Gasteiger partial charge in [-0.25, -0.2) is 4.39 Å². The lowest BCUT2D eigenvalue weighted by atomic mass is 10.0. The molecule has 0 aromatic heterocycles. The summed E-state index contributed by atoms with van der Waals surface area (Å²) in [6.07, 6.45) is 3.83. The maximum Gasteiger partial charge on any atom is 0.124 e. The van der Waals surface area contributed by atoms with Crippen LogP contribution in [0.3, 0.4) is 0 Å². The van der Waals surface area contributed by atoms with Gasteiger partial charge in [0.1, 0.15) is 11.6 Å². The third-order valence-corrected chi connectivity index (χ3v) is 4.91. The van der Waals surface area contributed by atoms with Crippen molar-refractivity contribution in [2.75, 3.05) is 19.5 Å². The number of nitrogens with one attached hydrogen (secondary N) is 1. The standard InChI is InChI=1S/C15H22FNO2S/c1-10(15(9-18)20-2)17-13-4-3-7-19-14-6-5-11(16)8-12(13)14/h5-6,8,10,13,15,17-18H,3-4,7,9H2,1-2H3. The van der Waals surface area contributed by atoms with E-state index < -0.39 is 0 Å². The van der Waals surface area contributed by atoms with E-state index in [1.165, 1.54) is 6.07 Å². The van der Waals surface area contributed by atoms with Gasteiger partial charge in [-0.15, -0.1) is 0 Å². The molecule has 20 heavy (non-hydrogen) atoms. The van der Waals surface area contributed by atoms with E-state index in [1.807, 2.05) is 6.26 Å². The van der Waals surface area contributed by atoms with E-state index in [0.29, 0.717) is 6.61 Å². The Hall–Kier alpha value is -0.780. The van der Waals surface area contributed by atoms with Crippen molar-refractivity contribution in [3.63, 3.8) is 0 Å². The molecule has 3 atom stereocenters. The zero-order valence-corrected chi connectivity index (χ0v) is 12.8. The molecule has 1 aliphatic rings. The van der Waals surface area contributed by atoms with Gasteiger partial charge in [-0.1, -0.05) is 0 Å². The van der Waals surface area contributed by atoms with Gasteiger partial charge in [-0.05, 0) is 44.2 Å². The molecule has 0 bridgehead atoms. The van der Waals surface area contributed by atoms with Gasteiger partial charge in [0.05, 0.1) is 13.2 Å². The molecule has 2 rings (SSSR count). The molecule has 1 aliphatic heterocycles. The summed E-state index contributed by atoms with van der Waals surface area (Å²) in [6.45, 7) is 2.85. The Labute approximate surface area is 123 Å². The molecular formula is C15H22FNO2S. The molecule has 1 aromatic carbocycles. The fourth-order valence-electron chi connectivity index (χ4n) is 2.58. The van der Waals surface area contributed by atoms with E-state index >= 15 is 0 Å². The lowest BCUT2D eigenvalue weighted by Gasteiger charge is -2.27. The Balaban J connectivity index is 2.17. The van der Waals surface area contributed by atoms with Crippen molar-refractivity contribution in [2.24, 2.45) is 0 Å². The van der Waals surface area contributed by atoms with E-state index in [1.54, 1.807) is 23.9 Å². The van der Waals surface area contributed by atoms with Gasteiger partial charge in [0.2, 0.25) is 0 Å². The van der Waals surface area contributed by atoms with Crippen LogP contribution in [0.2, 0.25) is 0 Å². The summed E-state index contributed by atoms with van der Waals surface area (Å²) < 4.78 is 19.2. The third kappa shape index (κ3) is 3.65. The third-order valence-electron chi connectivity index (χ3n) is 3.75. The van der Waals surface area contributed by atoms with Gasteiger partial charge >= 0.3 is 0 Å². The van der Waals surface area contributed by atoms with Gasteiger partial charge in [-0.2, -0.15) is 11.8 Å². The van der Waals surface area contributed by atoms with Gasteiger partial charge < -0.3 is 15.2 Å². The van der Waals surface area contributed by atoms with Crippen molar-refractivity contribution >= 4 is 11.8 Å². The van der Waals surface area contributed by atoms with Crippen LogP contribution in [0.5, 0.6) is 5.75 Å². The molecule has 3 unspecified atom stereocenters. The predicted molar refractivity (Wildman–Crippen MR) is 80.9 cm³/mol. The van der Waals surface area contributed by atoms with Gasteiger partial charge in [0, 0.05) is 22.9 Å². The molecule has 0 saturated carbocycles. The zero-order valence-electron chi connectivity index (χ0n) is 11.9. The number of benzene rings is 1. The largest absolute Gasteiger partial charge is 0.493 e. The SMILES string of the molecule is CSC(CO)C(C)NC1CCCOc2ccc(F)cc21. The van der Waals surface area contributed by atoms with Gasteiger partial charge in [-0.3, -0.25) is 0 Å². The first kappa shape index (κ1) is 15.6. The summed E-state index contributed by atoms with van der Waals surface area (Å²) in [5, 5.41) is 13.0. The van der Waals surface area contributed by atoms with E-state index in [0.717, 1.165) is 24.2 Å². The maximum absolute atomic E-state index is 13.5. The molecule has 0 amide bonds. The van der Waals surface area contributed by atoms with E-state index in [2.05, 4.69) is 12.2 Å². The highest BCUT2D eigenvalue weighted by atomic mass is 32.2. The summed E-state index contributed by atoms with van der Waals surface area (Å²) in [6, 6.07) is 4.91. The Morgan fingerprint density at radius 2 is 2.35 bits per heavy atom.